The minimum absolute atomic E-state index is 0.0374. The molecule has 0 aliphatic carbocycles. The van der Waals surface area contributed by atoms with Crippen LogP contribution in [0.2, 0.25) is 0 Å². The van der Waals surface area contributed by atoms with Gasteiger partial charge in [0.05, 0.1) is 27.7 Å². The molecule has 0 aliphatic heterocycles. The lowest BCUT2D eigenvalue weighted by molar-refractivity contribution is -0.870. The molecule has 0 amide bonds. The summed E-state index contributed by atoms with van der Waals surface area (Å²) in [5, 5.41) is 0. The Morgan fingerprint density at radius 1 is 0.409 bits per heavy atom. The van der Waals surface area contributed by atoms with Crippen molar-refractivity contribution >= 4 is 19.8 Å². The summed E-state index contributed by atoms with van der Waals surface area (Å²) in [6.45, 7) is 4.51. The van der Waals surface area contributed by atoms with Gasteiger partial charge in [0.15, 0.2) is 6.10 Å². The summed E-state index contributed by atoms with van der Waals surface area (Å²) in [5.41, 5.74) is 0. The highest BCUT2D eigenvalue weighted by atomic mass is 31.2. The summed E-state index contributed by atoms with van der Waals surface area (Å²) in [6, 6.07) is 0. The Labute approximate surface area is 410 Å². The third-order valence-electron chi connectivity index (χ3n) is 13.1. The van der Waals surface area contributed by atoms with Crippen molar-refractivity contribution in [3.05, 3.63) is 0 Å². The van der Waals surface area contributed by atoms with E-state index in [-0.39, 0.29) is 25.6 Å². The number of rotatable bonds is 54. The van der Waals surface area contributed by atoms with Crippen molar-refractivity contribution in [2.75, 3.05) is 47.5 Å². The zero-order valence-electron chi connectivity index (χ0n) is 44.7. The number of unbranched alkanes of at least 4 members (excludes halogenated alkanes) is 40. The molecule has 0 heterocycles. The number of likely N-dealkylation sites (N-methyl/N-ethyl adjacent to an activating group) is 1. The van der Waals surface area contributed by atoms with E-state index in [1.54, 1.807) is 0 Å². The number of nitrogens with zero attached hydrogens (tertiary/aromatic N) is 1. The maximum Gasteiger partial charge on any atom is 0.472 e. The highest BCUT2D eigenvalue weighted by Crippen LogP contribution is 2.43. The third-order valence-corrected chi connectivity index (χ3v) is 14.1. The van der Waals surface area contributed by atoms with Crippen molar-refractivity contribution in [3.8, 4) is 0 Å². The number of carbonyl (C=O) groups excluding carboxylic acids is 2. The van der Waals surface area contributed by atoms with Crippen LogP contribution in [0.3, 0.4) is 0 Å². The van der Waals surface area contributed by atoms with Crippen molar-refractivity contribution in [1.29, 1.82) is 0 Å². The molecular weight excluding hydrogens is 846 g/mol. The van der Waals surface area contributed by atoms with Crippen LogP contribution in [0.5, 0.6) is 0 Å². The minimum Gasteiger partial charge on any atom is -0.462 e. The topological polar surface area (TPSA) is 108 Å². The van der Waals surface area contributed by atoms with E-state index >= 15 is 0 Å². The Hall–Kier alpha value is -0.990. The number of hydrogen-bond donors (Lipinski definition) is 1. The van der Waals surface area contributed by atoms with Gasteiger partial charge in [-0.3, -0.25) is 18.6 Å². The van der Waals surface area contributed by atoms with Crippen molar-refractivity contribution in [3.63, 3.8) is 0 Å². The van der Waals surface area contributed by atoms with Crippen LogP contribution in [-0.2, 0) is 32.7 Å². The summed E-state index contributed by atoms with van der Waals surface area (Å²) >= 11 is 0. The van der Waals surface area contributed by atoms with E-state index in [2.05, 4.69) is 13.8 Å². The van der Waals surface area contributed by atoms with Crippen LogP contribution < -0.4 is 0 Å². The van der Waals surface area contributed by atoms with Gasteiger partial charge >= 0.3 is 19.8 Å². The first-order chi connectivity index (χ1) is 32.0. The smallest absolute Gasteiger partial charge is 0.462 e. The fourth-order valence-electron chi connectivity index (χ4n) is 8.67. The van der Waals surface area contributed by atoms with Gasteiger partial charge in [-0.05, 0) is 12.8 Å². The standard InChI is InChI=1S/C56H112NO8P/c1-6-8-10-12-14-16-18-20-22-24-26-28-30-32-34-36-38-40-42-44-46-48-55(58)62-52-54(53-64-66(60,61)63-51-50-57(3,4)5)65-56(59)49-47-45-43-41-39-37-35-33-31-29-27-25-23-21-19-17-15-13-11-9-7-2/h54H,6-53H2,1-5H3/p+1. The molecule has 1 N–H and O–H groups in total. The highest BCUT2D eigenvalue weighted by Gasteiger charge is 2.27. The van der Waals surface area contributed by atoms with E-state index < -0.39 is 26.5 Å². The number of ether oxygens (including phenoxy) is 2. The van der Waals surface area contributed by atoms with E-state index in [4.69, 9.17) is 18.5 Å². The molecule has 0 aromatic carbocycles. The zero-order chi connectivity index (χ0) is 48.5. The van der Waals surface area contributed by atoms with E-state index in [0.29, 0.717) is 17.4 Å². The molecule has 0 spiro atoms. The number of phosphoric acid groups is 1. The molecular formula is C56H113NO8P+. The molecule has 394 valence electrons. The second-order valence-corrected chi connectivity index (χ2v) is 22.5. The monoisotopic (exact) mass is 959 g/mol. The molecule has 66 heavy (non-hydrogen) atoms. The van der Waals surface area contributed by atoms with Crippen LogP contribution in [0.1, 0.15) is 296 Å². The van der Waals surface area contributed by atoms with E-state index in [1.165, 1.54) is 231 Å². The second-order valence-electron chi connectivity index (χ2n) is 21.0. The number of phosphoric ester groups is 1. The second kappa shape index (κ2) is 49.0. The van der Waals surface area contributed by atoms with Crippen LogP contribution in [0.4, 0.5) is 0 Å². The Bertz CT molecular complexity index is 1080. The third kappa shape index (κ3) is 52.4. The molecule has 2 atom stereocenters. The Morgan fingerprint density at radius 3 is 0.970 bits per heavy atom. The summed E-state index contributed by atoms with van der Waals surface area (Å²) in [5.74, 6) is -0.773. The lowest BCUT2D eigenvalue weighted by Gasteiger charge is -2.24. The quantitative estimate of drug-likeness (QED) is 0.0278. The number of quaternary nitrogens is 1. The SMILES string of the molecule is CCCCCCCCCCCCCCCCCCCCCCCC(=O)OCC(COP(=O)(O)OCC[N+](C)(C)C)OC(=O)CCCCCCCCCCCCCCCCCCCCCCC. The zero-order valence-corrected chi connectivity index (χ0v) is 45.6. The normalized spacial score (nSPS) is 13.2. The number of hydrogen-bond acceptors (Lipinski definition) is 7. The molecule has 0 saturated heterocycles. The number of esters is 2. The predicted octanol–water partition coefficient (Wildman–Crippen LogP) is 17.5. The van der Waals surface area contributed by atoms with Gasteiger partial charge in [0.1, 0.15) is 19.8 Å². The average Bonchev–Trinajstić information content (AvgIpc) is 3.27. The lowest BCUT2D eigenvalue weighted by Crippen LogP contribution is -2.37. The van der Waals surface area contributed by atoms with Crippen molar-refractivity contribution in [2.24, 2.45) is 0 Å². The van der Waals surface area contributed by atoms with Gasteiger partial charge in [-0.15, -0.1) is 0 Å². The van der Waals surface area contributed by atoms with Gasteiger partial charge in [0.2, 0.25) is 0 Å². The summed E-state index contributed by atoms with van der Waals surface area (Å²) in [6.07, 6.45) is 54.5. The fraction of sp³-hybridized carbons (Fsp3) is 0.964. The molecule has 0 rings (SSSR count). The van der Waals surface area contributed by atoms with Gasteiger partial charge in [0, 0.05) is 12.8 Å². The average molecular weight is 959 g/mol. The van der Waals surface area contributed by atoms with Crippen molar-refractivity contribution < 1.29 is 42.1 Å². The molecule has 0 aromatic rings. The molecule has 9 nitrogen and oxygen atoms in total. The van der Waals surface area contributed by atoms with Crippen LogP contribution in [-0.4, -0.2) is 74.9 Å². The van der Waals surface area contributed by atoms with Crippen molar-refractivity contribution in [1.82, 2.24) is 0 Å². The van der Waals surface area contributed by atoms with Crippen LogP contribution >= 0.6 is 7.82 Å². The molecule has 0 fully saturated rings. The first-order valence-corrected chi connectivity index (χ1v) is 30.3. The summed E-state index contributed by atoms with van der Waals surface area (Å²) in [7, 11) is 1.50. The lowest BCUT2D eigenvalue weighted by atomic mass is 10.0. The molecule has 0 saturated carbocycles. The van der Waals surface area contributed by atoms with E-state index in [9.17, 15) is 19.0 Å². The minimum atomic E-state index is -4.38. The largest absolute Gasteiger partial charge is 0.472 e. The number of carbonyl (C=O) groups is 2. The first kappa shape index (κ1) is 65.0. The van der Waals surface area contributed by atoms with Crippen molar-refractivity contribution in [2.45, 2.75) is 302 Å². The van der Waals surface area contributed by atoms with Gasteiger partial charge in [-0.2, -0.15) is 0 Å². The predicted molar refractivity (Wildman–Crippen MR) is 280 cm³/mol. The summed E-state index contributed by atoms with van der Waals surface area (Å²) < 4.78 is 34.6. The Balaban J connectivity index is 4.12. The molecule has 0 bridgehead atoms. The van der Waals surface area contributed by atoms with Gasteiger partial charge in [0.25, 0.3) is 0 Å². The first-order valence-electron chi connectivity index (χ1n) is 28.8. The molecule has 0 aliphatic rings. The Kier molecular flexibility index (Phi) is 48.3. The molecule has 0 aromatic heterocycles. The molecule has 0 radical (unpaired) electrons. The highest BCUT2D eigenvalue weighted by molar-refractivity contribution is 7.47. The maximum absolute atomic E-state index is 12.8. The van der Waals surface area contributed by atoms with Crippen LogP contribution in [0.25, 0.3) is 0 Å². The molecule has 2 unspecified atom stereocenters. The van der Waals surface area contributed by atoms with E-state index in [1.807, 2.05) is 21.1 Å². The van der Waals surface area contributed by atoms with Gasteiger partial charge in [-0.25, -0.2) is 4.57 Å². The molecule has 10 heteroatoms. The summed E-state index contributed by atoms with van der Waals surface area (Å²) in [4.78, 5) is 35.7. The Morgan fingerprint density at radius 2 is 0.682 bits per heavy atom. The van der Waals surface area contributed by atoms with Crippen LogP contribution in [0.15, 0.2) is 0 Å². The van der Waals surface area contributed by atoms with Gasteiger partial charge in [-0.1, -0.05) is 271 Å². The van der Waals surface area contributed by atoms with Crippen LogP contribution in [0, 0.1) is 0 Å². The fourth-order valence-corrected chi connectivity index (χ4v) is 9.41. The van der Waals surface area contributed by atoms with E-state index in [0.717, 1.165) is 38.5 Å². The van der Waals surface area contributed by atoms with Gasteiger partial charge < -0.3 is 18.9 Å². The maximum atomic E-state index is 12.8.